The number of aromatic nitrogens is 1. The second-order valence-electron chi connectivity index (χ2n) is 6.26. The first kappa shape index (κ1) is 13.4. The third kappa shape index (κ3) is 2.00. The van der Waals surface area contributed by atoms with Crippen LogP contribution in [0.4, 0.5) is 10.5 Å². The number of hydrogen-bond donors (Lipinski definition) is 1. The van der Waals surface area contributed by atoms with E-state index < -0.39 is 0 Å². The maximum atomic E-state index is 12.0. The number of rotatable bonds is 2. The Morgan fingerprint density at radius 2 is 2.05 bits per heavy atom. The molecular formula is C17H19N3O2. The first-order chi connectivity index (χ1) is 10.6. The number of carbonyl (C=O) groups excluding carboxylic acids is 2. The molecule has 1 saturated carbocycles. The summed E-state index contributed by atoms with van der Waals surface area (Å²) < 4.78 is 2.35. The summed E-state index contributed by atoms with van der Waals surface area (Å²) in [6.45, 7) is 2.57. The molecule has 4 rings (SSSR count). The molecule has 0 spiro atoms. The van der Waals surface area contributed by atoms with Gasteiger partial charge in [0.1, 0.15) is 0 Å². The molecule has 0 atom stereocenters. The lowest BCUT2D eigenvalue weighted by atomic mass is 9.93. The fraction of sp³-hybridized carbons (Fsp3) is 0.412. The molecule has 1 aromatic heterocycles. The van der Waals surface area contributed by atoms with Crippen molar-refractivity contribution in [2.75, 3.05) is 11.4 Å². The molecule has 22 heavy (non-hydrogen) atoms. The third-order valence-electron chi connectivity index (χ3n) is 4.85. The monoisotopic (exact) mass is 297 g/mol. The van der Waals surface area contributed by atoms with Crippen molar-refractivity contribution in [2.45, 2.75) is 38.6 Å². The summed E-state index contributed by atoms with van der Waals surface area (Å²) in [7, 11) is 0. The number of urea groups is 1. The molecule has 2 heterocycles. The van der Waals surface area contributed by atoms with Crippen molar-refractivity contribution in [3.05, 3.63) is 30.0 Å². The second kappa shape index (κ2) is 4.87. The van der Waals surface area contributed by atoms with E-state index in [1.807, 2.05) is 6.07 Å². The number of aryl methyl sites for hydroxylation is 1. The molecule has 5 nitrogen and oxygen atoms in total. The molecule has 0 unspecified atom stereocenters. The van der Waals surface area contributed by atoms with Crippen LogP contribution in [0.5, 0.6) is 0 Å². The number of fused-ring (bicyclic) bond motifs is 1. The summed E-state index contributed by atoms with van der Waals surface area (Å²) in [4.78, 5) is 25.0. The Morgan fingerprint density at radius 1 is 1.23 bits per heavy atom. The van der Waals surface area contributed by atoms with Crippen LogP contribution >= 0.6 is 0 Å². The minimum atomic E-state index is -0.325. The number of nitrogens with zero attached hydrogens (tertiary/aromatic N) is 2. The van der Waals surface area contributed by atoms with E-state index in [0.29, 0.717) is 19.0 Å². The topological polar surface area (TPSA) is 54.3 Å². The van der Waals surface area contributed by atoms with Crippen LogP contribution in [0.25, 0.3) is 10.9 Å². The highest BCUT2D eigenvalue weighted by molar-refractivity contribution is 6.06. The summed E-state index contributed by atoms with van der Waals surface area (Å²) in [5.74, 6) is -0.198. The first-order valence-corrected chi connectivity index (χ1v) is 7.86. The van der Waals surface area contributed by atoms with E-state index in [2.05, 4.69) is 35.1 Å². The van der Waals surface area contributed by atoms with Crippen molar-refractivity contribution in [1.82, 2.24) is 9.88 Å². The Kier molecular flexibility index (Phi) is 2.96. The molecule has 3 amide bonds. The molecule has 1 aliphatic carbocycles. The Bertz CT molecular complexity index is 774. The average molecular weight is 297 g/mol. The van der Waals surface area contributed by atoms with E-state index in [9.17, 15) is 9.59 Å². The number of benzene rings is 1. The molecule has 2 fully saturated rings. The quantitative estimate of drug-likeness (QED) is 0.926. The molecule has 2 aromatic rings. The van der Waals surface area contributed by atoms with Crippen LogP contribution in [0.1, 0.15) is 37.3 Å². The molecule has 1 aliphatic heterocycles. The largest absolute Gasteiger partial charge is 0.344 e. The van der Waals surface area contributed by atoms with Gasteiger partial charge in [-0.25, -0.2) is 4.79 Å². The summed E-state index contributed by atoms with van der Waals surface area (Å²) in [6.07, 6.45) is 6.32. The van der Waals surface area contributed by atoms with Crippen LogP contribution in [0.15, 0.2) is 24.4 Å². The van der Waals surface area contributed by atoms with Gasteiger partial charge in [0.2, 0.25) is 5.91 Å². The molecule has 1 saturated heterocycles. The van der Waals surface area contributed by atoms with E-state index in [-0.39, 0.29) is 11.9 Å². The fourth-order valence-electron chi connectivity index (χ4n) is 3.36. The molecule has 1 N–H and O–H groups in total. The third-order valence-corrected chi connectivity index (χ3v) is 4.85. The van der Waals surface area contributed by atoms with Crippen molar-refractivity contribution in [2.24, 2.45) is 0 Å². The molecular weight excluding hydrogens is 278 g/mol. The second-order valence-corrected chi connectivity index (χ2v) is 6.26. The SMILES string of the molecule is Cc1cn(C2CCC2)c2cc(N3CCC(=O)NC3=O)ccc12. The molecule has 0 radical (unpaired) electrons. The Labute approximate surface area is 128 Å². The summed E-state index contributed by atoms with van der Waals surface area (Å²) >= 11 is 0. The summed E-state index contributed by atoms with van der Waals surface area (Å²) in [5.41, 5.74) is 3.31. The summed E-state index contributed by atoms with van der Waals surface area (Å²) in [6, 6.07) is 6.39. The van der Waals surface area contributed by atoms with E-state index in [0.717, 1.165) is 5.69 Å². The smallest absolute Gasteiger partial charge is 0.328 e. The van der Waals surface area contributed by atoms with Gasteiger partial charge in [-0.2, -0.15) is 0 Å². The average Bonchev–Trinajstić information content (AvgIpc) is 2.74. The van der Waals surface area contributed by atoms with E-state index in [1.54, 1.807) is 4.90 Å². The lowest BCUT2D eigenvalue weighted by Crippen LogP contribution is -2.49. The first-order valence-electron chi connectivity index (χ1n) is 7.86. The zero-order valence-corrected chi connectivity index (χ0v) is 12.6. The van der Waals surface area contributed by atoms with Gasteiger partial charge >= 0.3 is 6.03 Å². The highest BCUT2D eigenvalue weighted by Crippen LogP contribution is 2.37. The number of anilines is 1. The number of nitrogens with one attached hydrogen (secondary N) is 1. The molecule has 2 aliphatic rings. The van der Waals surface area contributed by atoms with Gasteiger partial charge in [0.15, 0.2) is 0 Å². The minimum Gasteiger partial charge on any atom is -0.344 e. The van der Waals surface area contributed by atoms with Crippen molar-refractivity contribution < 1.29 is 9.59 Å². The van der Waals surface area contributed by atoms with E-state index in [1.165, 1.54) is 35.7 Å². The van der Waals surface area contributed by atoms with Gasteiger partial charge in [0, 0.05) is 36.3 Å². The molecule has 1 aromatic carbocycles. The van der Waals surface area contributed by atoms with Crippen LogP contribution < -0.4 is 10.2 Å². The normalized spacial score (nSPS) is 19.4. The van der Waals surface area contributed by atoms with E-state index in [4.69, 9.17) is 0 Å². The number of hydrogen-bond acceptors (Lipinski definition) is 2. The standard InChI is InChI=1S/C17H19N3O2/c1-11-10-20(12-3-2-4-12)15-9-13(5-6-14(11)15)19-8-7-16(21)18-17(19)22/h5-6,9-10,12H,2-4,7-8H2,1H3,(H,18,21,22). The van der Waals surface area contributed by atoms with Gasteiger partial charge in [-0.05, 0) is 43.9 Å². The van der Waals surface area contributed by atoms with Gasteiger partial charge in [-0.15, -0.1) is 0 Å². The maximum absolute atomic E-state index is 12.0. The summed E-state index contributed by atoms with van der Waals surface area (Å²) in [5, 5.41) is 3.62. The lowest BCUT2D eigenvalue weighted by Gasteiger charge is -2.29. The zero-order valence-electron chi connectivity index (χ0n) is 12.6. The van der Waals surface area contributed by atoms with Crippen molar-refractivity contribution in [1.29, 1.82) is 0 Å². The van der Waals surface area contributed by atoms with E-state index >= 15 is 0 Å². The predicted octanol–water partition coefficient (Wildman–Crippen LogP) is 3.12. The predicted molar refractivity (Wildman–Crippen MR) is 85.1 cm³/mol. The van der Waals surface area contributed by atoms with Crippen LogP contribution in [-0.4, -0.2) is 23.1 Å². The highest BCUT2D eigenvalue weighted by Gasteiger charge is 2.26. The fourth-order valence-corrected chi connectivity index (χ4v) is 3.36. The van der Waals surface area contributed by atoms with Gasteiger partial charge in [-0.1, -0.05) is 6.07 Å². The van der Waals surface area contributed by atoms with Crippen molar-refractivity contribution in [3.8, 4) is 0 Å². The van der Waals surface area contributed by atoms with Gasteiger partial charge < -0.3 is 4.57 Å². The van der Waals surface area contributed by atoms with Gasteiger partial charge in [-0.3, -0.25) is 15.0 Å². The lowest BCUT2D eigenvalue weighted by molar-refractivity contribution is -0.120. The number of carbonyl (C=O) groups is 2. The van der Waals surface area contributed by atoms with Crippen molar-refractivity contribution in [3.63, 3.8) is 0 Å². The Hall–Kier alpha value is -2.30. The van der Waals surface area contributed by atoms with Crippen LogP contribution in [0.3, 0.4) is 0 Å². The number of imide groups is 1. The van der Waals surface area contributed by atoms with Crippen LogP contribution in [-0.2, 0) is 4.79 Å². The zero-order chi connectivity index (χ0) is 15.3. The Balaban J connectivity index is 1.76. The van der Waals surface area contributed by atoms with Crippen molar-refractivity contribution >= 4 is 28.5 Å². The minimum absolute atomic E-state index is 0.198. The molecule has 114 valence electrons. The van der Waals surface area contributed by atoms with Gasteiger partial charge in [0.25, 0.3) is 0 Å². The van der Waals surface area contributed by atoms with Crippen LogP contribution in [0, 0.1) is 6.92 Å². The maximum Gasteiger partial charge on any atom is 0.328 e. The van der Waals surface area contributed by atoms with Gasteiger partial charge in [0.05, 0.1) is 5.52 Å². The molecule has 0 bridgehead atoms. The highest BCUT2D eigenvalue weighted by atomic mass is 16.2. The molecule has 5 heteroatoms. The Morgan fingerprint density at radius 3 is 2.73 bits per heavy atom. The number of amides is 3. The van der Waals surface area contributed by atoms with Crippen LogP contribution in [0.2, 0.25) is 0 Å².